The van der Waals surface area contributed by atoms with Crippen LogP contribution in [-0.2, 0) is 11.4 Å². The molecule has 1 aromatic rings. The van der Waals surface area contributed by atoms with Gasteiger partial charge in [0.15, 0.2) is 0 Å². The van der Waals surface area contributed by atoms with Crippen LogP contribution in [0.4, 0.5) is 15.4 Å². The number of nitrogens with zero attached hydrogens (tertiary/aromatic N) is 3. The number of carboxylic acid groups (broad SMARTS) is 2. The molecule has 1 atom stereocenters. The molecule has 8 nitrogen and oxygen atoms in total. The molecule has 0 aliphatic heterocycles. The van der Waals surface area contributed by atoms with Crippen LogP contribution >= 0.6 is 11.6 Å². The number of aromatic nitrogens is 1. The molecule has 1 rings (SSSR count). The lowest BCUT2D eigenvalue weighted by Crippen LogP contribution is -2.35. The third-order valence-corrected chi connectivity index (χ3v) is 3.93. The highest BCUT2D eigenvalue weighted by Gasteiger charge is 2.27. The maximum absolute atomic E-state index is 11.8. The molecule has 0 aliphatic rings. The van der Waals surface area contributed by atoms with Crippen molar-refractivity contribution in [1.82, 2.24) is 4.98 Å². The smallest absolute Gasteiger partial charge is 0.422 e. The molecule has 2 N–H and O–H groups in total. The number of pyridine rings is 1. The van der Waals surface area contributed by atoms with E-state index in [1.807, 2.05) is 0 Å². The van der Waals surface area contributed by atoms with Gasteiger partial charge < -0.3 is 14.8 Å². The van der Waals surface area contributed by atoms with Crippen molar-refractivity contribution < 1.29 is 24.4 Å². The summed E-state index contributed by atoms with van der Waals surface area (Å²) in [4.78, 5) is 25.7. The minimum absolute atomic E-state index is 0.0178. The Balaban J connectivity index is 3.18. The van der Waals surface area contributed by atoms with Crippen LogP contribution in [-0.4, -0.2) is 42.9 Å². The van der Waals surface area contributed by atoms with Crippen molar-refractivity contribution in [3.63, 3.8) is 0 Å². The van der Waals surface area contributed by atoms with E-state index < -0.39 is 28.3 Å². The van der Waals surface area contributed by atoms with Crippen molar-refractivity contribution in [2.45, 2.75) is 25.5 Å². The molecule has 1 aromatic heterocycles. The lowest BCUT2D eigenvalue weighted by atomic mass is 10.3. The van der Waals surface area contributed by atoms with Gasteiger partial charge in [0.2, 0.25) is 0 Å². The van der Waals surface area contributed by atoms with Crippen LogP contribution in [0.1, 0.15) is 26.5 Å². The predicted molar refractivity (Wildman–Crippen MR) is 83.3 cm³/mol. The van der Waals surface area contributed by atoms with Crippen LogP contribution < -0.4 is 4.90 Å². The van der Waals surface area contributed by atoms with Crippen molar-refractivity contribution >= 4 is 47.2 Å². The van der Waals surface area contributed by atoms with Crippen molar-refractivity contribution in [1.29, 1.82) is 0 Å². The van der Waals surface area contributed by atoms with Gasteiger partial charge in [0.25, 0.3) is 0 Å². The highest BCUT2D eigenvalue weighted by molar-refractivity contribution is 7.91. The largest absolute Gasteiger partial charge is 0.591 e. The molecule has 0 fully saturated rings. The molecular weight excluding hydrogens is 334 g/mol. The average Bonchev–Trinajstić information content (AvgIpc) is 2.36. The Morgan fingerprint density at radius 2 is 1.91 bits per heavy atom. The minimum atomic E-state index is -1.71. The lowest BCUT2D eigenvalue weighted by molar-refractivity contribution is 0.184. The van der Waals surface area contributed by atoms with Crippen molar-refractivity contribution in [2.24, 2.45) is 4.40 Å². The second kappa shape index (κ2) is 6.95. The Bertz CT molecular complexity index is 603. The van der Waals surface area contributed by atoms with Gasteiger partial charge in [-0.2, -0.15) is 4.90 Å². The maximum atomic E-state index is 11.8. The fourth-order valence-electron chi connectivity index (χ4n) is 1.20. The Morgan fingerprint density at radius 3 is 2.36 bits per heavy atom. The molecule has 0 saturated heterocycles. The zero-order valence-electron chi connectivity index (χ0n) is 12.0. The molecule has 0 aromatic carbocycles. The third-order valence-electron chi connectivity index (χ3n) is 2.26. The Hall–Kier alpha value is -1.84. The van der Waals surface area contributed by atoms with E-state index in [0.717, 1.165) is 12.3 Å². The van der Waals surface area contributed by atoms with Crippen LogP contribution in [0, 0.1) is 0 Å². The first-order valence-corrected chi connectivity index (χ1v) is 7.41. The van der Waals surface area contributed by atoms with Crippen LogP contribution in [0.3, 0.4) is 0 Å². The molecule has 0 spiro atoms. The molecule has 0 aliphatic carbocycles. The highest BCUT2D eigenvalue weighted by atomic mass is 35.5. The van der Waals surface area contributed by atoms with Gasteiger partial charge in [0, 0.05) is 0 Å². The van der Waals surface area contributed by atoms with Crippen LogP contribution in [0.2, 0.25) is 5.02 Å². The summed E-state index contributed by atoms with van der Waals surface area (Å²) in [6.07, 6.45) is -2.29. The number of imide groups is 1. The van der Waals surface area contributed by atoms with E-state index in [1.165, 1.54) is 6.07 Å². The van der Waals surface area contributed by atoms with E-state index in [9.17, 15) is 14.1 Å². The molecule has 120 valence electrons. The Kier molecular flexibility index (Phi) is 5.75. The summed E-state index contributed by atoms with van der Waals surface area (Å²) in [7, 11) is 0. The summed E-state index contributed by atoms with van der Waals surface area (Å²) in [6.45, 7) is 5.17. The molecule has 0 saturated carbocycles. The van der Waals surface area contributed by atoms with E-state index >= 15 is 0 Å². The minimum Gasteiger partial charge on any atom is -0.591 e. The summed E-state index contributed by atoms with van der Waals surface area (Å²) in [5.74, 6) is -0.354. The van der Waals surface area contributed by atoms with Gasteiger partial charge in [0.1, 0.15) is 33.8 Å². The first-order valence-electron chi connectivity index (χ1n) is 5.92. The van der Waals surface area contributed by atoms with E-state index in [-0.39, 0.29) is 21.4 Å². The van der Waals surface area contributed by atoms with Gasteiger partial charge in [-0.25, -0.2) is 14.6 Å². The molecule has 0 radical (unpaired) electrons. The summed E-state index contributed by atoms with van der Waals surface area (Å²) < 4.78 is 15.0. The Morgan fingerprint density at radius 1 is 1.36 bits per heavy atom. The van der Waals surface area contributed by atoms with Gasteiger partial charge in [-0.1, -0.05) is 16.0 Å². The van der Waals surface area contributed by atoms with Crippen molar-refractivity contribution in [3.8, 4) is 0 Å². The van der Waals surface area contributed by atoms with Gasteiger partial charge in [-0.3, -0.25) is 0 Å². The van der Waals surface area contributed by atoms with Crippen molar-refractivity contribution in [3.05, 3.63) is 22.8 Å². The average molecular weight is 348 g/mol. The fraction of sp³-hybridized carbons (Fsp3) is 0.333. The summed E-state index contributed by atoms with van der Waals surface area (Å²) in [5.41, 5.74) is 0.0178. The topological polar surface area (TPSA) is 126 Å². The zero-order chi connectivity index (χ0) is 17.1. The quantitative estimate of drug-likeness (QED) is 0.639. The van der Waals surface area contributed by atoms with E-state index in [0.29, 0.717) is 0 Å². The monoisotopic (exact) mass is 347 g/mol. The van der Waals surface area contributed by atoms with Gasteiger partial charge in [-0.05, 0) is 32.9 Å². The molecule has 1 heterocycles. The highest BCUT2D eigenvalue weighted by Crippen LogP contribution is 2.21. The molecule has 10 heteroatoms. The molecule has 22 heavy (non-hydrogen) atoms. The number of carbonyl (C=O) groups is 2. The van der Waals surface area contributed by atoms with E-state index in [4.69, 9.17) is 21.8 Å². The summed E-state index contributed by atoms with van der Waals surface area (Å²) in [6, 6.07) is 2.42. The van der Waals surface area contributed by atoms with E-state index in [1.54, 1.807) is 20.8 Å². The summed E-state index contributed by atoms with van der Waals surface area (Å²) >= 11 is 4.34. The van der Waals surface area contributed by atoms with Crippen LogP contribution in [0.25, 0.3) is 0 Å². The van der Waals surface area contributed by atoms with Crippen molar-refractivity contribution in [2.75, 3.05) is 4.90 Å². The molecule has 1 unspecified atom stereocenters. The van der Waals surface area contributed by atoms with Crippen LogP contribution in [0.15, 0.2) is 16.5 Å². The second-order valence-electron chi connectivity index (χ2n) is 5.03. The Labute approximate surface area is 134 Å². The number of anilines is 1. The number of rotatable bonds is 3. The first-order chi connectivity index (χ1) is 10.0. The normalized spacial score (nSPS) is 13.1. The van der Waals surface area contributed by atoms with Gasteiger partial charge in [0.05, 0.1) is 5.02 Å². The number of hydrogen-bond acceptors (Lipinski definition) is 5. The number of hydrogen-bond donors (Lipinski definition) is 2. The molecule has 0 bridgehead atoms. The fourth-order valence-corrected chi connectivity index (χ4v) is 1.86. The molecular formula is C12H14ClN3O5S. The van der Waals surface area contributed by atoms with Gasteiger partial charge >= 0.3 is 12.2 Å². The second-order valence-corrected chi connectivity index (χ2v) is 7.37. The molecule has 2 amide bonds. The lowest BCUT2D eigenvalue weighted by Gasteiger charge is -2.17. The van der Waals surface area contributed by atoms with Crippen LogP contribution in [0.5, 0.6) is 0 Å². The predicted octanol–water partition coefficient (Wildman–Crippen LogP) is 2.78. The third kappa shape index (κ3) is 4.58. The standard InChI is InChI=1S/C12H14ClN3O5S/c1-12(2,3)22(21)14-6-8-7(13)4-5-9(15-8)16(10(17)18)11(19)20/h4-6H,1-3H3,(H,17,18)(H,19,20)/b14-6+. The first kappa shape index (κ1) is 18.2. The van der Waals surface area contributed by atoms with E-state index in [2.05, 4.69) is 9.38 Å². The number of halogens is 1. The van der Waals surface area contributed by atoms with Gasteiger partial charge in [-0.15, -0.1) is 0 Å². The summed E-state index contributed by atoms with van der Waals surface area (Å²) in [5, 5.41) is 17.9. The number of amides is 2. The maximum Gasteiger partial charge on any atom is 0.422 e. The SMILES string of the molecule is CC(C)(C)[S+]([O-])/N=C/c1nc(N(C(=O)O)C(=O)O)ccc1Cl. The zero-order valence-corrected chi connectivity index (χ0v) is 13.6.